The Morgan fingerprint density at radius 2 is 2.22 bits per heavy atom. The van der Waals surface area contributed by atoms with Crippen LogP contribution in [0.4, 0.5) is 5.69 Å². The van der Waals surface area contributed by atoms with E-state index in [9.17, 15) is 4.79 Å². The first-order chi connectivity index (χ1) is 11.3. The van der Waals surface area contributed by atoms with Crippen molar-refractivity contribution in [2.24, 2.45) is 0 Å². The lowest BCUT2D eigenvalue weighted by molar-refractivity contribution is -0.115. The molecule has 1 aliphatic rings. The molecule has 0 unspecified atom stereocenters. The third-order valence-electron chi connectivity index (χ3n) is 3.63. The Bertz CT molecular complexity index is 479. The van der Waals surface area contributed by atoms with Gasteiger partial charge in [0, 0.05) is 43.6 Å². The quantitative estimate of drug-likeness (QED) is 0.677. The van der Waals surface area contributed by atoms with Gasteiger partial charge in [0.2, 0.25) is 5.91 Å². The smallest absolute Gasteiger partial charge is 0.238 e. The van der Waals surface area contributed by atoms with E-state index in [0.29, 0.717) is 24.9 Å². The summed E-state index contributed by atoms with van der Waals surface area (Å²) in [5.41, 5.74) is 2.10. The van der Waals surface area contributed by atoms with Crippen molar-refractivity contribution in [2.75, 3.05) is 45.3 Å². The van der Waals surface area contributed by atoms with E-state index >= 15 is 0 Å². The summed E-state index contributed by atoms with van der Waals surface area (Å²) < 4.78 is 10.3. The van der Waals surface area contributed by atoms with E-state index in [1.807, 2.05) is 23.9 Å². The average molecular weight is 338 g/mol. The Balaban J connectivity index is 1.73. The molecular formula is C17H26N2O3S. The van der Waals surface area contributed by atoms with E-state index < -0.39 is 0 Å². The van der Waals surface area contributed by atoms with Gasteiger partial charge in [-0.2, -0.15) is 11.8 Å². The van der Waals surface area contributed by atoms with Crippen LogP contribution in [0.5, 0.6) is 0 Å². The van der Waals surface area contributed by atoms with Crippen molar-refractivity contribution in [3.63, 3.8) is 0 Å². The molecule has 2 rings (SSSR count). The second kappa shape index (κ2) is 10.6. The topological polar surface area (TPSA) is 59.6 Å². The summed E-state index contributed by atoms with van der Waals surface area (Å²) in [6.07, 6.45) is 2.27. The highest BCUT2D eigenvalue weighted by atomic mass is 32.2. The number of carbonyl (C=O) groups is 1. The minimum atomic E-state index is -0.0321. The maximum absolute atomic E-state index is 11.9. The molecule has 1 fully saturated rings. The Hall–Kier alpha value is -1.08. The van der Waals surface area contributed by atoms with Gasteiger partial charge in [-0.05, 0) is 30.5 Å². The fourth-order valence-electron chi connectivity index (χ4n) is 2.38. The number of thioether (sulfide) groups is 1. The monoisotopic (exact) mass is 338 g/mol. The van der Waals surface area contributed by atoms with Crippen LogP contribution in [0.1, 0.15) is 18.4 Å². The van der Waals surface area contributed by atoms with E-state index in [1.165, 1.54) is 5.56 Å². The van der Waals surface area contributed by atoms with E-state index in [2.05, 4.69) is 22.8 Å². The molecule has 0 bridgehead atoms. The second-order valence-electron chi connectivity index (χ2n) is 5.54. The van der Waals surface area contributed by atoms with Crippen LogP contribution in [0.15, 0.2) is 24.3 Å². The highest BCUT2D eigenvalue weighted by Gasteiger charge is 2.14. The summed E-state index contributed by atoms with van der Waals surface area (Å²) in [7, 11) is 1.64. The van der Waals surface area contributed by atoms with Crippen LogP contribution in [0.25, 0.3) is 0 Å². The van der Waals surface area contributed by atoms with Gasteiger partial charge in [-0.25, -0.2) is 0 Å². The number of ether oxygens (including phenoxy) is 2. The Kier molecular flexibility index (Phi) is 8.46. The van der Waals surface area contributed by atoms with Crippen molar-refractivity contribution >= 4 is 23.4 Å². The standard InChI is InChI=1S/C17H26N2O3S/c1-21-10-7-18-12-17(20)19-15-4-2-3-14(11-15)13-23-16-5-8-22-9-6-16/h2-4,11,16,18H,5-10,12-13H2,1H3,(H,19,20). The van der Waals surface area contributed by atoms with Crippen molar-refractivity contribution in [3.8, 4) is 0 Å². The summed E-state index contributed by atoms with van der Waals surface area (Å²) >= 11 is 1.98. The van der Waals surface area contributed by atoms with E-state index in [0.717, 1.165) is 37.5 Å². The first-order valence-corrected chi connectivity index (χ1v) is 9.10. The highest BCUT2D eigenvalue weighted by molar-refractivity contribution is 7.99. The van der Waals surface area contributed by atoms with Crippen molar-refractivity contribution in [2.45, 2.75) is 23.8 Å². The Morgan fingerprint density at radius 1 is 1.39 bits per heavy atom. The normalized spacial score (nSPS) is 15.5. The molecule has 5 nitrogen and oxygen atoms in total. The van der Waals surface area contributed by atoms with Crippen LogP contribution in [0.2, 0.25) is 0 Å². The number of anilines is 1. The zero-order valence-electron chi connectivity index (χ0n) is 13.7. The van der Waals surface area contributed by atoms with Gasteiger partial charge in [0.1, 0.15) is 0 Å². The summed E-state index contributed by atoms with van der Waals surface area (Å²) in [6, 6.07) is 8.09. The lowest BCUT2D eigenvalue weighted by Gasteiger charge is -2.21. The van der Waals surface area contributed by atoms with Gasteiger partial charge in [0.25, 0.3) is 0 Å². The summed E-state index contributed by atoms with van der Waals surface area (Å²) in [4.78, 5) is 11.9. The molecule has 0 radical (unpaired) electrons. The van der Waals surface area contributed by atoms with Gasteiger partial charge in [0.05, 0.1) is 13.2 Å². The van der Waals surface area contributed by atoms with Gasteiger partial charge in [-0.3, -0.25) is 4.79 Å². The highest BCUT2D eigenvalue weighted by Crippen LogP contribution is 2.26. The minimum absolute atomic E-state index is 0.0321. The van der Waals surface area contributed by atoms with Gasteiger partial charge < -0.3 is 20.1 Å². The van der Waals surface area contributed by atoms with Crippen LogP contribution in [0.3, 0.4) is 0 Å². The molecule has 0 atom stereocenters. The zero-order chi connectivity index (χ0) is 16.3. The molecule has 1 aliphatic heterocycles. The molecule has 1 heterocycles. The van der Waals surface area contributed by atoms with Crippen LogP contribution >= 0.6 is 11.8 Å². The van der Waals surface area contributed by atoms with Crippen LogP contribution in [0, 0.1) is 0 Å². The number of hydrogen-bond donors (Lipinski definition) is 2. The summed E-state index contributed by atoms with van der Waals surface area (Å²) in [6.45, 7) is 3.33. The molecule has 1 amide bonds. The number of methoxy groups -OCH3 is 1. The summed E-state index contributed by atoms with van der Waals surface area (Å²) in [5.74, 6) is 0.941. The van der Waals surface area contributed by atoms with Gasteiger partial charge in [-0.1, -0.05) is 12.1 Å². The molecule has 1 aromatic rings. The zero-order valence-corrected chi connectivity index (χ0v) is 14.5. The van der Waals surface area contributed by atoms with Crippen molar-refractivity contribution in [1.29, 1.82) is 0 Å². The molecular weight excluding hydrogens is 312 g/mol. The van der Waals surface area contributed by atoms with E-state index in [1.54, 1.807) is 7.11 Å². The molecule has 23 heavy (non-hydrogen) atoms. The van der Waals surface area contributed by atoms with Crippen LogP contribution < -0.4 is 10.6 Å². The fourth-order valence-corrected chi connectivity index (χ4v) is 3.51. The third kappa shape index (κ3) is 7.35. The van der Waals surface area contributed by atoms with Crippen molar-refractivity contribution in [1.82, 2.24) is 5.32 Å². The Morgan fingerprint density at radius 3 is 3.00 bits per heavy atom. The van der Waals surface area contributed by atoms with Crippen molar-refractivity contribution < 1.29 is 14.3 Å². The first-order valence-electron chi connectivity index (χ1n) is 8.05. The molecule has 0 saturated carbocycles. The first kappa shape index (κ1) is 18.3. The molecule has 0 spiro atoms. The number of amides is 1. The molecule has 2 N–H and O–H groups in total. The molecule has 6 heteroatoms. The number of hydrogen-bond acceptors (Lipinski definition) is 5. The predicted octanol–water partition coefficient (Wildman–Crippen LogP) is 2.27. The number of rotatable bonds is 9. The lowest BCUT2D eigenvalue weighted by Crippen LogP contribution is -2.30. The van der Waals surface area contributed by atoms with Gasteiger partial charge >= 0.3 is 0 Å². The van der Waals surface area contributed by atoms with Gasteiger partial charge in [0.15, 0.2) is 0 Å². The van der Waals surface area contributed by atoms with E-state index in [-0.39, 0.29) is 5.91 Å². The largest absolute Gasteiger partial charge is 0.383 e. The lowest BCUT2D eigenvalue weighted by atomic mass is 10.2. The Labute approximate surface area is 142 Å². The SMILES string of the molecule is COCCNCC(=O)Nc1cccc(CSC2CCOCC2)c1. The maximum atomic E-state index is 11.9. The molecule has 0 aliphatic carbocycles. The van der Waals surface area contributed by atoms with Crippen LogP contribution in [-0.2, 0) is 20.0 Å². The predicted molar refractivity (Wildman–Crippen MR) is 95.0 cm³/mol. The second-order valence-corrected chi connectivity index (χ2v) is 6.83. The summed E-state index contributed by atoms with van der Waals surface area (Å²) in [5, 5.41) is 6.65. The number of carbonyl (C=O) groups excluding carboxylic acids is 1. The number of benzene rings is 1. The van der Waals surface area contributed by atoms with Crippen LogP contribution in [-0.4, -0.2) is 51.2 Å². The molecule has 1 aromatic carbocycles. The maximum Gasteiger partial charge on any atom is 0.238 e. The third-order valence-corrected chi connectivity index (χ3v) is 5.08. The molecule has 0 aromatic heterocycles. The molecule has 128 valence electrons. The van der Waals surface area contributed by atoms with Gasteiger partial charge in [-0.15, -0.1) is 0 Å². The fraction of sp³-hybridized carbons (Fsp3) is 0.588. The van der Waals surface area contributed by atoms with E-state index in [4.69, 9.17) is 9.47 Å². The minimum Gasteiger partial charge on any atom is -0.383 e. The average Bonchev–Trinajstić information content (AvgIpc) is 2.58. The van der Waals surface area contributed by atoms with Crippen molar-refractivity contribution in [3.05, 3.63) is 29.8 Å². The molecule has 1 saturated heterocycles. The number of nitrogens with one attached hydrogen (secondary N) is 2.